The number of nitrogens with zero attached hydrogens (tertiary/aromatic N) is 3. The van der Waals surface area contributed by atoms with Crippen LogP contribution in [-0.2, 0) is 33.0 Å². The molecule has 1 saturated heterocycles. The quantitative estimate of drug-likeness (QED) is 0.0922. The molecule has 2 amide bonds. The van der Waals surface area contributed by atoms with Crippen LogP contribution in [0.25, 0.3) is 11.1 Å². The van der Waals surface area contributed by atoms with E-state index in [0.717, 1.165) is 65.7 Å². The molecule has 3 aromatic rings. The second kappa shape index (κ2) is 19.4. The third-order valence-electron chi connectivity index (χ3n) is 10.7. The summed E-state index contributed by atoms with van der Waals surface area (Å²) in [4.78, 5) is 33.5. The minimum Gasteiger partial charge on any atom is -0.490 e. The number of ether oxygens (including phenoxy) is 2. The Hall–Kier alpha value is -3.37. The Bertz CT molecular complexity index is 1800. The monoisotopic (exact) mass is 814 g/mol. The number of carbonyl (C=O) groups is 2. The zero-order valence-electron chi connectivity index (χ0n) is 31.4. The van der Waals surface area contributed by atoms with E-state index in [2.05, 4.69) is 16.4 Å². The molecule has 6 N–H and O–H groups in total. The summed E-state index contributed by atoms with van der Waals surface area (Å²) in [6.07, 6.45) is 3.75. The Labute approximate surface area is 337 Å². The van der Waals surface area contributed by atoms with Crippen LogP contribution in [0, 0.1) is 0 Å². The smallest absolute Gasteiger partial charge is 0.234 e. The first-order chi connectivity index (χ1) is 27.0. The van der Waals surface area contributed by atoms with Gasteiger partial charge in [0.1, 0.15) is 24.1 Å². The molecule has 2 aromatic carbocycles. The fourth-order valence-corrected chi connectivity index (χ4v) is 7.49. The summed E-state index contributed by atoms with van der Waals surface area (Å²) in [6, 6.07) is 13.9. The normalized spacial score (nSPS) is 18.9. The van der Waals surface area contributed by atoms with Gasteiger partial charge in [0.05, 0.1) is 37.6 Å². The summed E-state index contributed by atoms with van der Waals surface area (Å²) in [6.45, 7) is 1.18. The summed E-state index contributed by atoms with van der Waals surface area (Å²) in [5.74, 6) is 0.536. The van der Waals surface area contributed by atoms with Crippen molar-refractivity contribution in [1.29, 1.82) is 0 Å². The number of rotatable bonds is 20. The average molecular weight is 816 g/mol. The fourth-order valence-electron chi connectivity index (χ4n) is 6.97. The van der Waals surface area contributed by atoms with Gasteiger partial charge in [0.2, 0.25) is 11.8 Å². The van der Waals surface area contributed by atoms with Crippen LogP contribution in [0.15, 0.2) is 54.9 Å². The minimum absolute atomic E-state index is 0.0401. The highest BCUT2D eigenvalue weighted by atomic mass is 35.5. The molecule has 1 aliphatic heterocycles. The molecule has 56 heavy (non-hydrogen) atoms. The number of unbranched alkanes of at least 4 members (excludes halogenated alkanes) is 1. The van der Waals surface area contributed by atoms with Gasteiger partial charge in [-0.3, -0.25) is 19.5 Å². The van der Waals surface area contributed by atoms with Crippen molar-refractivity contribution in [2.24, 2.45) is 0 Å². The van der Waals surface area contributed by atoms with Crippen LogP contribution >= 0.6 is 23.2 Å². The van der Waals surface area contributed by atoms with E-state index in [4.69, 9.17) is 37.8 Å². The van der Waals surface area contributed by atoms with Crippen LogP contribution in [0.2, 0.25) is 10.0 Å². The fraction of sp³-hybridized carbons (Fsp3) is 0.537. The molecule has 2 saturated carbocycles. The number of para-hydroxylation sites is 1. The molecule has 6 rings (SSSR count). The second-order valence-electron chi connectivity index (χ2n) is 15.0. The maximum atomic E-state index is 12.9. The highest BCUT2D eigenvalue weighted by Crippen LogP contribution is 2.53. The van der Waals surface area contributed by atoms with E-state index in [0.29, 0.717) is 62.1 Å². The molecule has 4 atom stereocenters. The SMILES string of the molecule is O=C(CN1CCN(C(=O)CCCCc2cc(Cl)c(COC3(c4cnccc4-c4ccccc4OC4CC4)CC3)cc2Cl)CC1)NC[C@H](O)[C@@H](O)[C@H](O)[C@H](O)CO. The molecular formula is C41H52Cl2N4O9. The van der Waals surface area contributed by atoms with Crippen LogP contribution < -0.4 is 10.1 Å². The Morgan fingerprint density at radius 3 is 2.32 bits per heavy atom. The summed E-state index contributed by atoms with van der Waals surface area (Å²) in [5, 5.41) is 51.7. The number of pyridine rings is 1. The topological polar surface area (TPSA) is 185 Å². The van der Waals surface area contributed by atoms with Gasteiger partial charge >= 0.3 is 0 Å². The molecule has 2 heterocycles. The number of aliphatic hydroxyl groups excluding tert-OH is 5. The van der Waals surface area contributed by atoms with Gasteiger partial charge in [-0.1, -0.05) is 41.4 Å². The predicted molar refractivity (Wildman–Crippen MR) is 210 cm³/mol. The first-order valence-corrected chi connectivity index (χ1v) is 20.1. The highest BCUT2D eigenvalue weighted by Gasteiger charge is 2.48. The Balaban J connectivity index is 0.916. The molecule has 1 aromatic heterocycles. The molecule has 15 heteroatoms. The maximum absolute atomic E-state index is 12.9. The third-order valence-corrected chi connectivity index (χ3v) is 11.4. The van der Waals surface area contributed by atoms with Crippen LogP contribution in [0.5, 0.6) is 5.75 Å². The van der Waals surface area contributed by atoms with Crippen molar-refractivity contribution < 1.29 is 44.6 Å². The van der Waals surface area contributed by atoms with E-state index in [-0.39, 0.29) is 25.1 Å². The van der Waals surface area contributed by atoms with Gasteiger partial charge in [0.15, 0.2) is 0 Å². The molecule has 304 valence electrons. The average Bonchev–Trinajstić information content (AvgIpc) is 4.16. The van der Waals surface area contributed by atoms with Crippen LogP contribution in [0.3, 0.4) is 0 Å². The number of halogens is 2. The third kappa shape index (κ3) is 11.0. The van der Waals surface area contributed by atoms with E-state index in [1.807, 2.05) is 47.5 Å². The maximum Gasteiger partial charge on any atom is 0.234 e. The Kier molecular flexibility index (Phi) is 14.6. The van der Waals surface area contributed by atoms with E-state index in [1.165, 1.54) is 0 Å². The number of nitrogens with one attached hydrogen (secondary N) is 1. The Morgan fingerprint density at radius 2 is 1.61 bits per heavy atom. The summed E-state index contributed by atoms with van der Waals surface area (Å²) in [5.41, 5.74) is 4.40. The number of benzene rings is 2. The molecule has 0 radical (unpaired) electrons. The largest absolute Gasteiger partial charge is 0.490 e. The minimum atomic E-state index is -1.76. The molecular weight excluding hydrogens is 763 g/mol. The number of carbonyl (C=O) groups excluding carboxylic acids is 2. The van der Waals surface area contributed by atoms with Crippen molar-refractivity contribution >= 4 is 35.0 Å². The van der Waals surface area contributed by atoms with Gasteiger partial charge in [0.25, 0.3) is 0 Å². The molecule has 0 unspecified atom stereocenters. The number of piperazine rings is 1. The zero-order valence-corrected chi connectivity index (χ0v) is 32.9. The number of aromatic nitrogens is 1. The molecule has 3 aliphatic rings. The van der Waals surface area contributed by atoms with Crippen molar-refractivity contribution in [1.82, 2.24) is 20.1 Å². The van der Waals surface area contributed by atoms with E-state index >= 15 is 0 Å². The van der Waals surface area contributed by atoms with Gasteiger partial charge in [-0.2, -0.15) is 0 Å². The molecule has 0 bridgehead atoms. The molecule has 3 fully saturated rings. The summed E-state index contributed by atoms with van der Waals surface area (Å²) in [7, 11) is 0. The lowest BCUT2D eigenvalue weighted by Crippen LogP contribution is -2.53. The van der Waals surface area contributed by atoms with E-state index in [1.54, 1.807) is 11.1 Å². The lowest BCUT2D eigenvalue weighted by atomic mass is 9.96. The number of aryl methyl sites for hydroxylation is 1. The number of hydrogen-bond acceptors (Lipinski definition) is 11. The number of aliphatic hydroxyl groups is 5. The van der Waals surface area contributed by atoms with Crippen LogP contribution in [-0.4, -0.2) is 129 Å². The zero-order chi connectivity index (χ0) is 39.8. The van der Waals surface area contributed by atoms with Crippen molar-refractivity contribution in [3.63, 3.8) is 0 Å². The van der Waals surface area contributed by atoms with E-state index in [9.17, 15) is 30.0 Å². The van der Waals surface area contributed by atoms with Crippen molar-refractivity contribution in [2.45, 2.75) is 94.1 Å². The van der Waals surface area contributed by atoms with Crippen LogP contribution in [0.1, 0.15) is 61.6 Å². The van der Waals surface area contributed by atoms with Crippen LogP contribution in [0.4, 0.5) is 0 Å². The lowest BCUT2D eigenvalue weighted by molar-refractivity contribution is -0.133. The predicted octanol–water partition coefficient (Wildman–Crippen LogP) is 3.21. The van der Waals surface area contributed by atoms with Gasteiger partial charge in [-0.15, -0.1) is 0 Å². The highest BCUT2D eigenvalue weighted by molar-refractivity contribution is 6.34. The van der Waals surface area contributed by atoms with Crippen molar-refractivity contribution in [2.75, 3.05) is 45.9 Å². The molecule has 0 spiro atoms. The number of amides is 2. The lowest BCUT2D eigenvalue weighted by Gasteiger charge is -2.34. The standard InChI is InChI=1S/C41H52Cl2N4O9/c42-32-20-27(25-55-41(12-13-41)31-21-44-14-11-29(31)30-6-2-3-7-36(30)56-28-9-10-28)33(43)19-26(32)5-1-4-8-38(52)47-17-15-46(16-18-47)23-37(51)45-22-34(49)39(53)40(54)35(50)24-48/h2-3,6-7,11,14,19-21,28,34-35,39-40,48-50,53-54H,1,4-5,8-10,12-13,15-18,22-25H2,(H,45,51)/t34-,35+,39+,40+/m0/s1. The number of hydrogen-bond donors (Lipinski definition) is 6. The van der Waals surface area contributed by atoms with Crippen molar-refractivity contribution in [3.8, 4) is 16.9 Å². The first kappa shape index (κ1) is 42.2. The van der Waals surface area contributed by atoms with Gasteiger partial charge in [0, 0.05) is 72.7 Å². The summed E-state index contributed by atoms with van der Waals surface area (Å²) < 4.78 is 12.8. The van der Waals surface area contributed by atoms with Gasteiger partial charge < -0.3 is 45.2 Å². The molecule has 13 nitrogen and oxygen atoms in total. The first-order valence-electron chi connectivity index (χ1n) is 19.4. The van der Waals surface area contributed by atoms with Gasteiger partial charge in [-0.25, -0.2) is 0 Å². The Morgan fingerprint density at radius 1 is 0.911 bits per heavy atom. The molecule has 2 aliphatic carbocycles. The van der Waals surface area contributed by atoms with E-state index < -0.39 is 42.5 Å². The summed E-state index contributed by atoms with van der Waals surface area (Å²) >= 11 is 13.5. The second-order valence-corrected chi connectivity index (χ2v) is 15.8. The van der Waals surface area contributed by atoms with Crippen molar-refractivity contribution in [3.05, 3.63) is 81.6 Å². The van der Waals surface area contributed by atoms with Gasteiger partial charge in [-0.05, 0) is 85.9 Å².